The number of benzene rings is 1. The summed E-state index contributed by atoms with van der Waals surface area (Å²) in [6, 6.07) is 5.95. The Labute approximate surface area is 110 Å². The zero-order valence-electron chi connectivity index (χ0n) is 11.0. The fourth-order valence-electron chi connectivity index (χ4n) is 1.37. The van der Waals surface area contributed by atoms with E-state index in [4.69, 9.17) is 0 Å². The Morgan fingerprint density at radius 2 is 1.78 bits per heavy atom. The molecule has 0 aliphatic heterocycles. The van der Waals surface area contributed by atoms with Crippen LogP contribution in [-0.4, -0.2) is 9.30 Å². The van der Waals surface area contributed by atoms with E-state index in [9.17, 15) is 13.3 Å². The van der Waals surface area contributed by atoms with Crippen LogP contribution in [0.4, 0.5) is 8.78 Å². The number of rotatable bonds is 4. The Hall–Kier alpha value is -0.650. The van der Waals surface area contributed by atoms with Gasteiger partial charge in [0.25, 0.3) is 6.43 Å². The number of hydrogen-bond donors (Lipinski definition) is 1. The molecule has 2 atom stereocenters. The first-order valence-corrected chi connectivity index (χ1v) is 6.93. The minimum atomic E-state index is -2.48. The molecule has 0 fully saturated rings. The summed E-state index contributed by atoms with van der Waals surface area (Å²) >= 11 is -1.22. The van der Waals surface area contributed by atoms with Crippen molar-refractivity contribution in [2.75, 3.05) is 0 Å². The largest absolute Gasteiger partial charge is 0.598 e. The van der Waals surface area contributed by atoms with Gasteiger partial charge in [-0.2, -0.15) is 0 Å². The Morgan fingerprint density at radius 3 is 2.28 bits per heavy atom. The molecule has 2 unspecified atom stereocenters. The Bertz CT molecular complexity index is 393. The van der Waals surface area contributed by atoms with Gasteiger partial charge in [-0.1, -0.05) is 18.2 Å². The molecular formula is C13H19F2NOS. The molecular weight excluding hydrogens is 256 g/mol. The fraction of sp³-hybridized carbons (Fsp3) is 0.538. The van der Waals surface area contributed by atoms with Crippen LogP contribution in [0.5, 0.6) is 0 Å². The minimum Gasteiger partial charge on any atom is -0.598 e. The smallest absolute Gasteiger partial charge is 0.263 e. The molecule has 1 rings (SSSR count). The first-order valence-electron chi connectivity index (χ1n) is 5.78. The van der Waals surface area contributed by atoms with Gasteiger partial charge in [0.1, 0.15) is 4.75 Å². The average molecular weight is 275 g/mol. The first-order chi connectivity index (χ1) is 8.21. The molecule has 18 heavy (non-hydrogen) atoms. The molecule has 0 spiro atoms. The number of alkyl halides is 2. The topological polar surface area (TPSA) is 35.1 Å². The molecule has 0 aliphatic rings. The van der Waals surface area contributed by atoms with E-state index >= 15 is 0 Å². The van der Waals surface area contributed by atoms with E-state index in [1.807, 2.05) is 27.7 Å². The Balaban J connectivity index is 2.78. The van der Waals surface area contributed by atoms with Gasteiger partial charge in [0.15, 0.2) is 0 Å². The molecule has 1 N–H and O–H groups in total. The van der Waals surface area contributed by atoms with E-state index in [0.717, 1.165) is 0 Å². The molecule has 0 bridgehead atoms. The molecule has 5 heteroatoms. The van der Waals surface area contributed by atoms with Crippen LogP contribution in [0.1, 0.15) is 51.3 Å². The van der Waals surface area contributed by atoms with Crippen LogP contribution >= 0.6 is 0 Å². The summed E-state index contributed by atoms with van der Waals surface area (Å²) in [6.07, 6.45) is -2.48. The zero-order valence-corrected chi connectivity index (χ0v) is 11.9. The molecule has 102 valence electrons. The molecule has 0 amide bonds. The maximum Gasteiger partial charge on any atom is 0.263 e. The number of hydrogen-bond acceptors (Lipinski definition) is 2. The summed E-state index contributed by atoms with van der Waals surface area (Å²) < 4.78 is 39.6. The molecule has 0 heterocycles. The van der Waals surface area contributed by atoms with Gasteiger partial charge in [0, 0.05) is 16.9 Å². The summed E-state index contributed by atoms with van der Waals surface area (Å²) in [5, 5.41) is 0. The molecule has 0 saturated carbocycles. The van der Waals surface area contributed by atoms with Gasteiger partial charge in [-0.25, -0.2) is 8.78 Å². The predicted octanol–water partition coefficient (Wildman–Crippen LogP) is 3.74. The van der Waals surface area contributed by atoms with E-state index in [1.54, 1.807) is 12.1 Å². The summed E-state index contributed by atoms with van der Waals surface area (Å²) in [4.78, 5) is 0. The molecule has 0 radical (unpaired) electrons. The third kappa shape index (κ3) is 4.23. The van der Waals surface area contributed by atoms with Crippen LogP contribution in [0, 0.1) is 0 Å². The maximum absolute atomic E-state index is 12.6. The SMILES string of the molecule is CC(N[S+]([O-])C(C)(C)C)c1cccc(C(F)F)c1. The van der Waals surface area contributed by atoms with Crippen LogP contribution < -0.4 is 4.72 Å². The van der Waals surface area contributed by atoms with Crippen LogP contribution in [0.25, 0.3) is 0 Å². The van der Waals surface area contributed by atoms with Gasteiger partial charge >= 0.3 is 0 Å². The highest BCUT2D eigenvalue weighted by Gasteiger charge is 2.28. The number of halogens is 2. The second-order valence-corrected chi connectivity index (χ2v) is 7.19. The van der Waals surface area contributed by atoms with E-state index in [2.05, 4.69) is 4.72 Å². The highest BCUT2D eigenvalue weighted by atomic mass is 32.2. The third-order valence-electron chi connectivity index (χ3n) is 2.50. The molecule has 1 aromatic carbocycles. The number of nitrogens with one attached hydrogen (secondary N) is 1. The Morgan fingerprint density at radius 1 is 1.22 bits per heavy atom. The zero-order chi connectivity index (χ0) is 13.9. The summed E-state index contributed by atoms with van der Waals surface area (Å²) in [5.41, 5.74) is 0.702. The van der Waals surface area contributed by atoms with Gasteiger partial charge in [-0.05, 0) is 39.3 Å². The van der Waals surface area contributed by atoms with Gasteiger partial charge in [-0.3, -0.25) is 0 Å². The van der Waals surface area contributed by atoms with Gasteiger partial charge in [-0.15, -0.1) is 4.72 Å². The van der Waals surface area contributed by atoms with Gasteiger partial charge < -0.3 is 4.55 Å². The predicted molar refractivity (Wildman–Crippen MR) is 70.8 cm³/mol. The lowest BCUT2D eigenvalue weighted by atomic mass is 10.1. The lowest BCUT2D eigenvalue weighted by Gasteiger charge is -2.26. The van der Waals surface area contributed by atoms with Crippen molar-refractivity contribution in [1.29, 1.82) is 0 Å². The second-order valence-electron chi connectivity index (χ2n) is 5.19. The van der Waals surface area contributed by atoms with Crippen molar-refractivity contribution in [3.63, 3.8) is 0 Å². The van der Waals surface area contributed by atoms with Gasteiger partial charge in [0.05, 0.1) is 6.04 Å². The van der Waals surface area contributed by atoms with E-state index < -0.39 is 17.8 Å². The van der Waals surface area contributed by atoms with Crippen LogP contribution in [0.3, 0.4) is 0 Å². The fourth-order valence-corrected chi connectivity index (χ4v) is 2.18. The monoisotopic (exact) mass is 275 g/mol. The second kappa shape index (κ2) is 5.99. The standard InChI is InChI=1S/C13H19F2NOS/c1-9(16-18(17)13(2,3)4)10-6-5-7-11(8-10)12(14)15/h5-9,12,16H,1-4H3. The highest BCUT2D eigenvalue weighted by Crippen LogP contribution is 2.24. The van der Waals surface area contributed by atoms with Crippen LogP contribution in [0.15, 0.2) is 24.3 Å². The highest BCUT2D eigenvalue weighted by molar-refractivity contribution is 7.90. The molecule has 0 aliphatic carbocycles. The first kappa shape index (κ1) is 15.4. The van der Waals surface area contributed by atoms with Crippen LogP contribution in [0.2, 0.25) is 0 Å². The molecule has 0 aromatic heterocycles. The van der Waals surface area contributed by atoms with Crippen molar-refractivity contribution in [1.82, 2.24) is 4.72 Å². The summed E-state index contributed by atoms with van der Waals surface area (Å²) in [7, 11) is 0. The maximum atomic E-state index is 12.6. The third-order valence-corrected chi connectivity index (χ3v) is 4.18. The summed E-state index contributed by atoms with van der Waals surface area (Å²) in [5.74, 6) is 0. The van der Waals surface area contributed by atoms with Crippen molar-refractivity contribution < 1.29 is 13.3 Å². The van der Waals surface area contributed by atoms with Crippen molar-refractivity contribution in [3.8, 4) is 0 Å². The van der Waals surface area contributed by atoms with Gasteiger partial charge in [0.2, 0.25) is 0 Å². The lowest BCUT2D eigenvalue weighted by Crippen LogP contribution is -2.40. The summed E-state index contributed by atoms with van der Waals surface area (Å²) in [6.45, 7) is 7.39. The van der Waals surface area contributed by atoms with Crippen molar-refractivity contribution in [2.45, 2.75) is 44.9 Å². The van der Waals surface area contributed by atoms with E-state index in [-0.39, 0.29) is 16.4 Å². The minimum absolute atomic E-state index is 0.0114. The lowest BCUT2D eigenvalue weighted by molar-refractivity contribution is 0.151. The average Bonchev–Trinajstić information content (AvgIpc) is 2.27. The molecule has 2 nitrogen and oxygen atoms in total. The van der Waals surface area contributed by atoms with Crippen molar-refractivity contribution in [3.05, 3.63) is 35.4 Å². The van der Waals surface area contributed by atoms with E-state index in [0.29, 0.717) is 5.56 Å². The Kier molecular flexibility index (Phi) is 5.13. The van der Waals surface area contributed by atoms with Crippen LogP contribution in [-0.2, 0) is 11.4 Å². The molecule has 0 saturated heterocycles. The van der Waals surface area contributed by atoms with Crippen molar-refractivity contribution in [2.24, 2.45) is 0 Å². The normalized spacial score (nSPS) is 15.8. The quantitative estimate of drug-likeness (QED) is 0.850. The molecule has 1 aromatic rings. The van der Waals surface area contributed by atoms with E-state index in [1.165, 1.54) is 12.1 Å². The van der Waals surface area contributed by atoms with Crippen molar-refractivity contribution >= 4 is 11.4 Å².